The van der Waals surface area contributed by atoms with E-state index in [0.717, 1.165) is 25.7 Å². The van der Waals surface area contributed by atoms with E-state index in [1.165, 1.54) is 6.20 Å². The van der Waals surface area contributed by atoms with Gasteiger partial charge in [-0.1, -0.05) is 12.8 Å². The molecule has 1 saturated carbocycles. The van der Waals surface area contributed by atoms with Crippen LogP contribution in [0.25, 0.3) is 0 Å². The van der Waals surface area contributed by atoms with Crippen LogP contribution in [0.5, 0.6) is 0 Å². The van der Waals surface area contributed by atoms with Crippen LogP contribution >= 0.6 is 0 Å². The molecular formula is C9H12N2O2. The Hall–Kier alpha value is -1.32. The van der Waals surface area contributed by atoms with Gasteiger partial charge in [-0.05, 0) is 12.8 Å². The highest BCUT2D eigenvalue weighted by Gasteiger charge is 2.17. The van der Waals surface area contributed by atoms with Crippen molar-refractivity contribution in [3.05, 3.63) is 33.1 Å². The van der Waals surface area contributed by atoms with Crippen LogP contribution < -0.4 is 11.1 Å². The van der Waals surface area contributed by atoms with Gasteiger partial charge in [0.25, 0.3) is 0 Å². The molecule has 4 nitrogen and oxygen atoms in total. The summed E-state index contributed by atoms with van der Waals surface area (Å²) in [5, 5.41) is 0. The number of aromatic nitrogens is 2. The molecule has 0 saturated heterocycles. The Morgan fingerprint density at radius 2 is 2.00 bits per heavy atom. The Kier molecular flexibility index (Phi) is 2.04. The molecule has 0 amide bonds. The minimum absolute atomic E-state index is 0.245. The zero-order chi connectivity index (χ0) is 9.26. The van der Waals surface area contributed by atoms with Gasteiger partial charge in [0, 0.05) is 18.4 Å². The molecule has 0 atom stereocenters. The van der Waals surface area contributed by atoms with E-state index in [4.69, 9.17) is 0 Å². The molecular weight excluding hydrogens is 168 g/mol. The summed E-state index contributed by atoms with van der Waals surface area (Å²) < 4.78 is 1.56. The second kappa shape index (κ2) is 3.20. The first-order chi connectivity index (χ1) is 6.29. The SMILES string of the molecule is O=c1[nH]ccn(C2CCCC2)c1=O. The summed E-state index contributed by atoms with van der Waals surface area (Å²) in [6.45, 7) is 0. The summed E-state index contributed by atoms with van der Waals surface area (Å²) in [5.41, 5.74) is -0.941. The zero-order valence-corrected chi connectivity index (χ0v) is 7.32. The van der Waals surface area contributed by atoms with Crippen LogP contribution in [-0.2, 0) is 0 Å². The lowest BCUT2D eigenvalue weighted by molar-refractivity contribution is 0.496. The van der Waals surface area contributed by atoms with Crippen LogP contribution in [0.4, 0.5) is 0 Å². The molecule has 0 bridgehead atoms. The van der Waals surface area contributed by atoms with E-state index in [-0.39, 0.29) is 6.04 Å². The number of nitrogens with zero attached hydrogens (tertiary/aromatic N) is 1. The van der Waals surface area contributed by atoms with Gasteiger partial charge in [-0.2, -0.15) is 0 Å². The maximum Gasteiger partial charge on any atom is 0.316 e. The predicted molar refractivity (Wildman–Crippen MR) is 48.8 cm³/mol. The molecule has 1 heterocycles. The van der Waals surface area contributed by atoms with Crippen LogP contribution in [-0.4, -0.2) is 9.55 Å². The fourth-order valence-electron chi connectivity index (χ4n) is 1.91. The fraction of sp³-hybridized carbons (Fsp3) is 0.556. The summed E-state index contributed by atoms with van der Waals surface area (Å²) in [5.74, 6) is 0. The summed E-state index contributed by atoms with van der Waals surface area (Å²) in [6.07, 6.45) is 7.54. The Bertz CT molecular complexity index is 399. The van der Waals surface area contributed by atoms with Crippen LogP contribution in [0, 0.1) is 0 Å². The van der Waals surface area contributed by atoms with Crippen LogP contribution in [0.1, 0.15) is 31.7 Å². The van der Waals surface area contributed by atoms with E-state index in [9.17, 15) is 9.59 Å². The largest absolute Gasteiger partial charge is 0.323 e. The van der Waals surface area contributed by atoms with E-state index in [1.807, 2.05) is 0 Å². The summed E-state index contributed by atoms with van der Waals surface area (Å²) in [6, 6.07) is 0.245. The fourth-order valence-corrected chi connectivity index (χ4v) is 1.91. The zero-order valence-electron chi connectivity index (χ0n) is 7.32. The van der Waals surface area contributed by atoms with Crippen molar-refractivity contribution in [2.24, 2.45) is 0 Å². The third-order valence-corrected chi connectivity index (χ3v) is 2.60. The first kappa shape index (κ1) is 8.29. The molecule has 70 valence electrons. The molecule has 13 heavy (non-hydrogen) atoms. The van der Waals surface area contributed by atoms with Crippen molar-refractivity contribution >= 4 is 0 Å². The van der Waals surface area contributed by atoms with E-state index >= 15 is 0 Å². The van der Waals surface area contributed by atoms with E-state index < -0.39 is 11.1 Å². The number of H-pyrrole nitrogens is 1. The maximum atomic E-state index is 11.4. The Morgan fingerprint density at radius 3 is 2.69 bits per heavy atom. The van der Waals surface area contributed by atoms with Gasteiger partial charge in [0.05, 0.1) is 0 Å². The molecule has 0 aliphatic heterocycles. The van der Waals surface area contributed by atoms with Gasteiger partial charge in [0.2, 0.25) is 0 Å². The first-order valence-corrected chi connectivity index (χ1v) is 4.59. The minimum Gasteiger partial charge on any atom is -0.323 e. The highest BCUT2D eigenvalue weighted by atomic mass is 16.2. The molecule has 0 aromatic carbocycles. The highest BCUT2D eigenvalue weighted by Crippen LogP contribution is 2.27. The van der Waals surface area contributed by atoms with Gasteiger partial charge >= 0.3 is 11.1 Å². The first-order valence-electron chi connectivity index (χ1n) is 4.59. The molecule has 4 heteroatoms. The lowest BCUT2D eigenvalue weighted by atomic mass is 10.2. The van der Waals surface area contributed by atoms with Gasteiger partial charge in [0.1, 0.15) is 0 Å². The quantitative estimate of drug-likeness (QED) is 0.645. The smallest absolute Gasteiger partial charge is 0.316 e. The van der Waals surface area contributed by atoms with Crippen LogP contribution in [0.3, 0.4) is 0 Å². The average molecular weight is 180 g/mol. The third-order valence-electron chi connectivity index (χ3n) is 2.60. The second-order valence-corrected chi connectivity index (χ2v) is 3.44. The number of nitrogens with one attached hydrogen (secondary N) is 1. The number of rotatable bonds is 1. The van der Waals surface area contributed by atoms with E-state index in [1.54, 1.807) is 10.8 Å². The standard InChI is InChI=1S/C9H12N2O2/c12-8-9(13)11(6-5-10-8)7-3-1-2-4-7/h5-7H,1-4H2,(H,10,12). The van der Waals surface area contributed by atoms with Gasteiger partial charge in [-0.3, -0.25) is 9.59 Å². The highest BCUT2D eigenvalue weighted by molar-refractivity contribution is 4.87. The molecule has 1 N–H and O–H groups in total. The van der Waals surface area contributed by atoms with Crippen molar-refractivity contribution in [2.75, 3.05) is 0 Å². The molecule has 2 rings (SSSR count). The minimum atomic E-state index is -0.519. The molecule has 1 aliphatic carbocycles. The molecule has 1 aromatic rings. The number of hydrogen-bond donors (Lipinski definition) is 1. The predicted octanol–water partition coefficient (Wildman–Crippen LogP) is 0.652. The van der Waals surface area contributed by atoms with Crippen molar-refractivity contribution in [3.8, 4) is 0 Å². The lowest BCUT2D eigenvalue weighted by Gasteiger charge is -2.11. The van der Waals surface area contributed by atoms with Crippen molar-refractivity contribution in [3.63, 3.8) is 0 Å². The second-order valence-electron chi connectivity index (χ2n) is 3.44. The number of hydrogen-bond acceptors (Lipinski definition) is 2. The normalized spacial score (nSPS) is 17.8. The van der Waals surface area contributed by atoms with Crippen molar-refractivity contribution in [1.29, 1.82) is 0 Å². The van der Waals surface area contributed by atoms with Gasteiger partial charge in [0.15, 0.2) is 0 Å². The molecule has 0 radical (unpaired) electrons. The van der Waals surface area contributed by atoms with Crippen molar-refractivity contribution in [1.82, 2.24) is 9.55 Å². The van der Waals surface area contributed by atoms with Crippen molar-refractivity contribution < 1.29 is 0 Å². The Morgan fingerprint density at radius 1 is 1.31 bits per heavy atom. The van der Waals surface area contributed by atoms with E-state index in [2.05, 4.69) is 4.98 Å². The van der Waals surface area contributed by atoms with E-state index in [0.29, 0.717) is 0 Å². The molecule has 0 unspecified atom stereocenters. The number of aromatic amines is 1. The van der Waals surface area contributed by atoms with Crippen LogP contribution in [0.15, 0.2) is 22.0 Å². The summed E-state index contributed by atoms with van der Waals surface area (Å²) in [4.78, 5) is 24.8. The maximum absolute atomic E-state index is 11.4. The summed E-state index contributed by atoms with van der Waals surface area (Å²) >= 11 is 0. The molecule has 1 fully saturated rings. The van der Waals surface area contributed by atoms with Crippen LogP contribution in [0.2, 0.25) is 0 Å². The van der Waals surface area contributed by atoms with Gasteiger partial charge < -0.3 is 9.55 Å². The monoisotopic (exact) mass is 180 g/mol. The molecule has 1 aliphatic rings. The summed E-state index contributed by atoms with van der Waals surface area (Å²) in [7, 11) is 0. The molecule has 1 aromatic heterocycles. The van der Waals surface area contributed by atoms with Crippen molar-refractivity contribution in [2.45, 2.75) is 31.7 Å². The topological polar surface area (TPSA) is 54.9 Å². The average Bonchev–Trinajstić information content (AvgIpc) is 2.62. The molecule has 0 spiro atoms. The lowest BCUT2D eigenvalue weighted by Crippen LogP contribution is -2.36. The Labute approximate surface area is 75.2 Å². The third kappa shape index (κ3) is 1.43. The Balaban J connectivity index is 2.45. The van der Waals surface area contributed by atoms with Gasteiger partial charge in [-0.15, -0.1) is 0 Å². The van der Waals surface area contributed by atoms with Gasteiger partial charge in [-0.25, -0.2) is 0 Å².